The smallest absolute Gasteiger partial charge is 0.0925 e. The maximum Gasteiger partial charge on any atom is 0.0925 e. The van der Waals surface area contributed by atoms with Crippen molar-refractivity contribution in [2.45, 2.75) is 33.1 Å². The molecule has 1 nitrogen and oxygen atoms in total. The Labute approximate surface area is 68.4 Å². The van der Waals surface area contributed by atoms with Gasteiger partial charge in [-0.2, -0.15) is 0 Å². The van der Waals surface area contributed by atoms with Gasteiger partial charge in [0, 0.05) is 6.42 Å². The molecule has 1 rings (SSSR count). The van der Waals surface area contributed by atoms with Crippen LogP contribution in [0.5, 0.6) is 0 Å². The second kappa shape index (κ2) is 3.61. The number of aliphatic hydroxyl groups excluding tert-OH is 1. The molecule has 0 aromatic rings. The Balaban J connectivity index is 2.60. The van der Waals surface area contributed by atoms with Gasteiger partial charge in [-0.1, -0.05) is 25.5 Å². The molecule has 0 amide bonds. The minimum Gasteiger partial charge on any atom is -0.512 e. The van der Waals surface area contributed by atoms with Crippen molar-refractivity contribution < 1.29 is 5.11 Å². The van der Waals surface area contributed by atoms with Gasteiger partial charge in [-0.15, -0.1) is 0 Å². The molecule has 0 aliphatic heterocycles. The van der Waals surface area contributed by atoms with Gasteiger partial charge in [0.1, 0.15) is 0 Å². The Morgan fingerprint density at radius 3 is 2.64 bits per heavy atom. The van der Waals surface area contributed by atoms with Crippen molar-refractivity contribution in [2.24, 2.45) is 5.92 Å². The Kier molecular flexibility index (Phi) is 2.75. The molecule has 1 unspecified atom stereocenters. The molecule has 11 heavy (non-hydrogen) atoms. The van der Waals surface area contributed by atoms with E-state index in [0.717, 1.165) is 12.8 Å². The van der Waals surface area contributed by atoms with E-state index in [1.54, 1.807) is 0 Å². The van der Waals surface area contributed by atoms with Gasteiger partial charge in [0.05, 0.1) is 5.76 Å². The Hall–Kier alpha value is -0.720. The lowest BCUT2D eigenvalue weighted by atomic mass is 9.91. The highest BCUT2D eigenvalue weighted by atomic mass is 16.3. The van der Waals surface area contributed by atoms with Crippen LogP contribution in [0.25, 0.3) is 0 Å². The largest absolute Gasteiger partial charge is 0.512 e. The molecular weight excluding hydrogens is 136 g/mol. The van der Waals surface area contributed by atoms with E-state index >= 15 is 0 Å². The third-order valence-corrected chi connectivity index (χ3v) is 2.40. The molecule has 0 fully saturated rings. The lowest BCUT2D eigenvalue weighted by Gasteiger charge is -2.16. The molecule has 0 radical (unpaired) electrons. The summed E-state index contributed by atoms with van der Waals surface area (Å²) in [6.45, 7) is 4.44. The molecule has 1 N–H and O–H groups in total. The number of rotatable bonds is 2. The van der Waals surface area contributed by atoms with Gasteiger partial charge in [0.2, 0.25) is 0 Å². The molecule has 0 saturated carbocycles. The topological polar surface area (TPSA) is 20.2 Å². The Morgan fingerprint density at radius 1 is 1.45 bits per heavy atom. The van der Waals surface area contributed by atoms with Gasteiger partial charge in [0.15, 0.2) is 0 Å². The van der Waals surface area contributed by atoms with Gasteiger partial charge in [-0.25, -0.2) is 0 Å². The molecule has 0 heterocycles. The van der Waals surface area contributed by atoms with Gasteiger partial charge in [-0.3, -0.25) is 0 Å². The van der Waals surface area contributed by atoms with E-state index in [0.29, 0.717) is 11.7 Å². The van der Waals surface area contributed by atoms with Crippen LogP contribution >= 0.6 is 0 Å². The average Bonchev–Trinajstić information content (AvgIpc) is 2.05. The highest BCUT2D eigenvalue weighted by Gasteiger charge is 2.09. The molecule has 1 atom stereocenters. The van der Waals surface area contributed by atoms with Crippen molar-refractivity contribution in [1.82, 2.24) is 0 Å². The second-order valence-corrected chi connectivity index (χ2v) is 3.21. The molecule has 0 aromatic carbocycles. The zero-order valence-electron chi connectivity index (χ0n) is 7.30. The van der Waals surface area contributed by atoms with E-state index in [4.69, 9.17) is 5.11 Å². The fraction of sp³-hybridized carbons (Fsp3) is 0.600. The molecule has 0 aromatic heterocycles. The third-order valence-electron chi connectivity index (χ3n) is 2.40. The highest BCUT2D eigenvalue weighted by molar-refractivity contribution is 5.21. The van der Waals surface area contributed by atoms with Crippen LogP contribution in [-0.4, -0.2) is 5.11 Å². The molecular formula is C10H16O. The van der Waals surface area contributed by atoms with Crippen LogP contribution in [0.2, 0.25) is 0 Å². The van der Waals surface area contributed by atoms with Gasteiger partial charge >= 0.3 is 0 Å². The van der Waals surface area contributed by atoms with Crippen molar-refractivity contribution in [3.8, 4) is 0 Å². The van der Waals surface area contributed by atoms with E-state index in [-0.39, 0.29) is 0 Å². The summed E-state index contributed by atoms with van der Waals surface area (Å²) in [5.74, 6) is 1.21. The lowest BCUT2D eigenvalue weighted by Crippen LogP contribution is -2.01. The predicted octanol–water partition coefficient (Wildman–Crippen LogP) is 3.19. The summed E-state index contributed by atoms with van der Waals surface area (Å²) in [5, 5.41) is 9.10. The number of hydrogen-bond donors (Lipinski definition) is 1. The first-order valence-electron chi connectivity index (χ1n) is 4.32. The monoisotopic (exact) mass is 152 g/mol. The van der Waals surface area contributed by atoms with Gasteiger partial charge in [0.25, 0.3) is 0 Å². The Morgan fingerprint density at radius 2 is 2.18 bits per heavy atom. The fourth-order valence-corrected chi connectivity index (χ4v) is 1.32. The van der Waals surface area contributed by atoms with E-state index in [1.165, 1.54) is 12.0 Å². The molecule has 0 spiro atoms. The van der Waals surface area contributed by atoms with Crippen LogP contribution in [0.3, 0.4) is 0 Å². The van der Waals surface area contributed by atoms with E-state index in [9.17, 15) is 0 Å². The maximum atomic E-state index is 9.10. The van der Waals surface area contributed by atoms with Crippen LogP contribution in [-0.2, 0) is 0 Å². The summed E-state index contributed by atoms with van der Waals surface area (Å²) in [6, 6.07) is 0. The summed E-state index contributed by atoms with van der Waals surface area (Å²) >= 11 is 0. The molecule has 62 valence electrons. The van der Waals surface area contributed by atoms with Crippen LogP contribution in [0.15, 0.2) is 23.5 Å². The summed E-state index contributed by atoms with van der Waals surface area (Å²) in [6.07, 6.45) is 6.95. The lowest BCUT2D eigenvalue weighted by molar-refractivity contribution is 0.382. The normalized spacial score (nSPS) is 20.5. The van der Waals surface area contributed by atoms with Crippen molar-refractivity contribution in [3.63, 3.8) is 0 Å². The SMILES string of the molecule is CCC(C)C1=CC=C(O)CC1. The van der Waals surface area contributed by atoms with E-state index in [1.807, 2.05) is 6.08 Å². The van der Waals surface area contributed by atoms with Gasteiger partial charge < -0.3 is 5.11 Å². The van der Waals surface area contributed by atoms with Crippen molar-refractivity contribution in [1.29, 1.82) is 0 Å². The zero-order chi connectivity index (χ0) is 8.27. The number of allylic oxidation sites excluding steroid dienone is 4. The second-order valence-electron chi connectivity index (χ2n) is 3.21. The molecule has 1 aliphatic carbocycles. The molecule has 1 aliphatic rings. The van der Waals surface area contributed by atoms with Crippen LogP contribution in [0, 0.1) is 5.92 Å². The van der Waals surface area contributed by atoms with Crippen LogP contribution in [0.1, 0.15) is 33.1 Å². The zero-order valence-corrected chi connectivity index (χ0v) is 7.30. The minimum absolute atomic E-state index is 0.525. The highest BCUT2D eigenvalue weighted by Crippen LogP contribution is 2.24. The molecule has 0 saturated heterocycles. The maximum absolute atomic E-state index is 9.10. The summed E-state index contributed by atoms with van der Waals surface area (Å²) in [5.41, 5.74) is 1.48. The number of hydrogen-bond acceptors (Lipinski definition) is 1. The Bertz CT molecular complexity index is 189. The molecule has 1 heteroatoms. The summed E-state index contributed by atoms with van der Waals surface area (Å²) in [7, 11) is 0. The van der Waals surface area contributed by atoms with Crippen molar-refractivity contribution in [2.75, 3.05) is 0 Å². The summed E-state index contributed by atoms with van der Waals surface area (Å²) in [4.78, 5) is 0. The number of aliphatic hydroxyl groups is 1. The first-order chi connectivity index (χ1) is 5.24. The van der Waals surface area contributed by atoms with Gasteiger partial charge in [-0.05, 0) is 24.8 Å². The minimum atomic E-state index is 0.525. The van der Waals surface area contributed by atoms with Crippen LogP contribution < -0.4 is 0 Å². The van der Waals surface area contributed by atoms with Crippen molar-refractivity contribution >= 4 is 0 Å². The first kappa shape index (κ1) is 8.38. The predicted molar refractivity (Wildman–Crippen MR) is 47.5 cm³/mol. The first-order valence-corrected chi connectivity index (χ1v) is 4.32. The molecule has 0 bridgehead atoms. The quantitative estimate of drug-likeness (QED) is 0.644. The van der Waals surface area contributed by atoms with Crippen molar-refractivity contribution in [3.05, 3.63) is 23.5 Å². The van der Waals surface area contributed by atoms with Crippen LogP contribution in [0.4, 0.5) is 0 Å². The fourth-order valence-electron chi connectivity index (χ4n) is 1.32. The van der Waals surface area contributed by atoms with E-state index in [2.05, 4.69) is 19.9 Å². The standard InChI is InChI=1S/C10H16O/c1-3-8(2)9-4-6-10(11)7-5-9/h4,6,8,11H,3,5,7H2,1-2H3. The third kappa shape index (κ3) is 2.11. The summed E-state index contributed by atoms with van der Waals surface area (Å²) < 4.78 is 0. The van der Waals surface area contributed by atoms with E-state index < -0.39 is 0 Å². The average molecular weight is 152 g/mol.